The zero-order chi connectivity index (χ0) is 16.9. The Morgan fingerprint density at radius 2 is 1.86 bits per heavy atom. The lowest BCUT2D eigenvalue weighted by atomic mass is 10.0. The van der Waals surface area contributed by atoms with Gasteiger partial charge in [0.2, 0.25) is 5.91 Å². The van der Waals surface area contributed by atoms with Gasteiger partial charge in [-0.25, -0.2) is 4.79 Å². The summed E-state index contributed by atoms with van der Waals surface area (Å²) in [5.74, 6) is -1.83. The first kappa shape index (κ1) is 18.6. The van der Waals surface area contributed by atoms with Crippen LogP contribution in [0.2, 0.25) is 0 Å². The number of aliphatic carboxylic acids is 1. The number of hydrogen-bond acceptors (Lipinski definition) is 4. The maximum absolute atomic E-state index is 12.0. The van der Waals surface area contributed by atoms with Crippen LogP contribution in [0.5, 0.6) is 0 Å². The molecule has 2 amide bonds. The average Bonchev–Trinajstić information content (AvgIpc) is 2.83. The Hall–Kier alpha value is -1.41. The fraction of sp³-hybridized carbons (Fsp3) is 0.500. The van der Waals surface area contributed by atoms with Crippen molar-refractivity contribution in [3.8, 4) is 0 Å². The van der Waals surface area contributed by atoms with Crippen LogP contribution in [0.3, 0.4) is 0 Å². The van der Waals surface area contributed by atoms with Gasteiger partial charge in [-0.1, -0.05) is 13.8 Å². The van der Waals surface area contributed by atoms with Gasteiger partial charge in [0.15, 0.2) is 0 Å². The smallest absolute Gasteiger partial charge is 0.326 e. The molecule has 1 aromatic heterocycles. The van der Waals surface area contributed by atoms with Gasteiger partial charge in [-0.05, 0) is 47.3 Å². The number of nitrogens with one attached hydrogen (secondary N) is 2. The lowest BCUT2D eigenvalue weighted by molar-refractivity contribution is -0.142. The van der Waals surface area contributed by atoms with E-state index in [1.807, 2.05) is 13.8 Å². The second-order valence-corrected chi connectivity index (χ2v) is 7.79. The summed E-state index contributed by atoms with van der Waals surface area (Å²) >= 11 is 4.52. The molecule has 1 aromatic rings. The fourth-order valence-corrected chi connectivity index (χ4v) is 3.05. The molecule has 0 spiro atoms. The molecule has 3 N–H and O–H groups in total. The predicted octanol–water partition coefficient (Wildman–Crippen LogP) is 2.24. The van der Waals surface area contributed by atoms with Crippen molar-refractivity contribution in [2.24, 2.45) is 5.92 Å². The molecule has 0 aromatic carbocycles. The van der Waals surface area contributed by atoms with Gasteiger partial charge in [0.25, 0.3) is 5.91 Å². The van der Waals surface area contributed by atoms with Crippen molar-refractivity contribution < 1.29 is 19.5 Å². The van der Waals surface area contributed by atoms with Gasteiger partial charge in [0, 0.05) is 0 Å². The summed E-state index contributed by atoms with van der Waals surface area (Å²) < 4.78 is 0.817. The molecule has 2 unspecified atom stereocenters. The van der Waals surface area contributed by atoms with Crippen LogP contribution >= 0.6 is 27.3 Å². The molecule has 1 rings (SSSR count). The van der Waals surface area contributed by atoms with E-state index in [1.54, 1.807) is 12.1 Å². The molecule has 0 radical (unpaired) electrons. The summed E-state index contributed by atoms with van der Waals surface area (Å²) in [6.45, 7) is 5.27. The molecule has 6 nitrogen and oxygen atoms in total. The number of thiophene rings is 1. The maximum Gasteiger partial charge on any atom is 0.326 e. The van der Waals surface area contributed by atoms with Crippen LogP contribution in [0.25, 0.3) is 0 Å². The quantitative estimate of drug-likeness (QED) is 0.664. The molecule has 0 fully saturated rings. The summed E-state index contributed by atoms with van der Waals surface area (Å²) in [5, 5.41) is 14.1. The molecule has 122 valence electrons. The Labute approximate surface area is 141 Å². The highest BCUT2D eigenvalue weighted by molar-refractivity contribution is 9.11. The van der Waals surface area contributed by atoms with Crippen LogP contribution in [0.1, 0.15) is 36.9 Å². The molecule has 1 heterocycles. The molecule has 0 aliphatic heterocycles. The first-order chi connectivity index (χ1) is 10.2. The molecular weight excluding hydrogens is 372 g/mol. The summed E-state index contributed by atoms with van der Waals surface area (Å²) in [6, 6.07) is 1.62. The third kappa shape index (κ3) is 5.76. The minimum Gasteiger partial charge on any atom is -0.480 e. The molecule has 22 heavy (non-hydrogen) atoms. The topological polar surface area (TPSA) is 95.5 Å². The second kappa shape index (κ2) is 8.28. The van der Waals surface area contributed by atoms with Crippen molar-refractivity contribution in [1.82, 2.24) is 10.6 Å². The van der Waals surface area contributed by atoms with Gasteiger partial charge in [-0.15, -0.1) is 11.3 Å². The Morgan fingerprint density at radius 1 is 1.23 bits per heavy atom. The van der Waals surface area contributed by atoms with E-state index in [2.05, 4.69) is 26.6 Å². The standard InChI is InChI=1S/C14H19BrN2O4S/c1-7(2)6-9(14(20)21)17-12(18)8(3)16-13(19)10-4-5-11(15)22-10/h4-5,7-9H,6H2,1-3H3,(H,16,19)(H,17,18)(H,20,21). The number of carbonyl (C=O) groups is 3. The maximum atomic E-state index is 12.0. The van der Waals surface area contributed by atoms with Crippen LogP contribution in [0.4, 0.5) is 0 Å². The normalized spacial score (nSPS) is 13.5. The van der Waals surface area contributed by atoms with Gasteiger partial charge in [0.1, 0.15) is 12.1 Å². The average molecular weight is 391 g/mol. The van der Waals surface area contributed by atoms with Crippen molar-refractivity contribution in [1.29, 1.82) is 0 Å². The molecule has 8 heteroatoms. The van der Waals surface area contributed by atoms with Crippen LogP contribution in [-0.2, 0) is 9.59 Å². The summed E-state index contributed by atoms with van der Waals surface area (Å²) in [5.41, 5.74) is 0. The van der Waals surface area contributed by atoms with Crippen LogP contribution in [-0.4, -0.2) is 35.0 Å². The van der Waals surface area contributed by atoms with E-state index in [0.29, 0.717) is 11.3 Å². The molecular formula is C14H19BrN2O4S. The molecule has 2 atom stereocenters. The fourth-order valence-electron chi connectivity index (χ4n) is 1.76. The van der Waals surface area contributed by atoms with E-state index in [4.69, 9.17) is 5.11 Å². The molecule has 0 saturated heterocycles. The number of carbonyl (C=O) groups excluding carboxylic acids is 2. The van der Waals surface area contributed by atoms with Crippen LogP contribution < -0.4 is 10.6 Å². The largest absolute Gasteiger partial charge is 0.480 e. The highest BCUT2D eigenvalue weighted by Crippen LogP contribution is 2.21. The van der Waals surface area contributed by atoms with Crippen molar-refractivity contribution in [2.75, 3.05) is 0 Å². The van der Waals surface area contributed by atoms with E-state index in [0.717, 1.165) is 3.79 Å². The highest BCUT2D eigenvalue weighted by atomic mass is 79.9. The Morgan fingerprint density at radius 3 is 2.32 bits per heavy atom. The third-order valence-electron chi connectivity index (χ3n) is 2.86. The van der Waals surface area contributed by atoms with Gasteiger partial charge in [-0.3, -0.25) is 9.59 Å². The SMILES string of the molecule is CC(C)CC(NC(=O)C(C)NC(=O)c1ccc(Br)s1)C(=O)O. The van der Waals surface area contributed by atoms with E-state index in [9.17, 15) is 14.4 Å². The van der Waals surface area contributed by atoms with E-state index < -0.39 is 24.0 Å². The van der Waals surface area contributed by atoms with Gasteiger partial charge in [0.05, 0.1) is 8.66 Å². The number of carboxylic acids is 1. The summed E-state index contributed by atoms with van der Waals surface area (Å²) in [4.78, 5) is 35.6. The third-order valence-corrected chi connectivity index (χ3v) is 4.48. The number of amides is 2. The van der Waals surface area contributed by atoms with E-state index >= 15 is 0 Å². The molecule has 0 aliphatic rings. The zero-order valence-electron chi connectivity index (χ0n) is 12.6. The minimum absolute atomic E-state index is 0.134. The second-order valence-electron chi connectivity index (χ2n) is 5.33. The Balaban J connectivity index is 2.60. The molecule has 0 aliphatic carbocycles. The summed E-state index contributed by atoms with van der Waals surface area (Å²) in [7, 11) is 0. The van der Waals surface area contributed by atoms with Crippen LogP contribution in [0, 0.1) is 5.92 Å². The minimum atomic E-state index is -1.08. The lowest BCUT2D eigenvalue weighted by Crippen LogP contribution is -2.50. The van der Waals surface area contributed by atoms with Crippen LogP contribution in [0.15, 0.2) is 15.9 Å². The number of carboxylic acid groups (broad SMARTS) is 1. The Kier molecular flexibility index (Phi) is 7.02. The van der Waals surface area contributed by atoms with Crippen molar-refractivity contribution in [2.45, 2.75) is 39.3 Å². The van der Waals surface area contributed by atoms with Crippen molar-refractivity contribution in [3.63, 3.8) is 0 Å². The van der Waals surface area contributed by atoms with Crippen molar-refractivity contribution in [3.05, 3.63) is 20.8 Å². The summed E-state index contributed by atoms with van der Waals surface area (Å²) in [6.07, 6.45) is 0.333. The van der Waals surface area contributed by atoms with E-state index in [1.165, 1.54) is 18.3 Å². The Bertz CT molecular complexity index is 559. The van der Waals surface area contributed by atoms with Gasteiger partial charge >= 0.3 is 5.97 Å². The van der Waals surface area contributed by atoms with E-state index in [-0.39, 0.29) is 11.8 Å². The predicted molar refractivity (Wildman–Crippen MR) is 88.0 cm³/mol. The van der Waals surface area contributed by atoms with Gasteiger partial charge in [-0.2, -0.15) is 0 Å². The molecule has 0 saturated carbocycles. The monoisotopic (exact) mass is 390 g/mol. The first-order valence-electron chi connectivity index (χ1n) is 6.80. The first-order valence-corrected chi connectivity index (χ1v) is 8.41. The van der Waals surface area contributed by atoms with Gasteiger partial charge < -0.3 is 15.7 Å². The zero-order valence-corrected chi connectivity index (χ0v) is 15.0. The number of halogens is 1. The lowest BCUT2D eigenvalue weighted by Gasteiger charge is -2.19. The number of hydrogen-bond donors (Lipinski definition) is 3. The van der Waals surface area contributed by atoms with Crippen molar-refractivity contribution >= 4 is 45.1 Å². The highest BCUT2D eigenvalue weighted by Gasteiger charge is 2.25. The molecule has 0 bridgehead atoms. The number of rotatable bonds is 7.